The van der Waals surface area contributed by atoms with Crippen molar-refractivity contribution < 1.29 is 19.1 Å². The summed E-state index contributed by atoms with van der Waals surface area (Å²) in [5.41, 5.74) is 1.42. The number of hydrogen-bond acceptors (Lipinski definition) is 6. The first kappa shape index (κ1) is 35.5. The molecule has 0 heterocycles. The third-order valence-electron chi connectivity index (χ3n) is 8.16. The van der Waals surface area contributed by atoms with Gasteiger partial charge in [-0.2, -0.15) is 0 Å². The summed E-state index contributed by atoms with van der Waals surface area (Å²) in [6, 6.07) is 15.2. The Morgan fingerprint density at radius 1 is 0.571 bits per heavy atom. The Labute approximate surface area is 255 Å². The van der Waals surface area contributed by atoms with Gasteiger partial charge in [0, 0.05) is 36.1 Å². The third kappa shape index (κ3) is 11.9. The molecule has 0 aliphatic rings. The molecule has 0 bridgehead atoms. The molecule has 0 spiro atoms. The largest absolute Gasteiger partial charge is 0.494 e. The van der Waals surface area contributed by atoms with E-state index in [9.17, 15) is 9.59 Å². The van der Waals surface area contributed by atoms with E-state index < -0.39 is 0 Å². The van der Waals surface area contributed by atoms with Crippen LogP contribution in [0.2, 0.25) is 0 Å². The van der Waals surface area contributed by atoms with Gasteiger partial charge in [-0.05, 0) is 100 Å². The lowest BCUT2D eigenvalue weighted by Crippen LogP contribution is -2.36. The lowest BCUT2D eigenvalue weighted by molar-refractivity contribution is 0.0815. The molecule has 0 aromatic heterocycles. The highest BCUT2D eigenvalue weighted by Crippen LogP contribution is 2.25. The fourth-order valence-corrected chi connectivity index (χ4v) is 5.17. The molecule has 0 saturated heterocycles. The van der Waals surface area contributed by atoms with Crippen LogP contribution < -0.4 is 9.47 Å². The van der Waals surface area contributed by atoms with Gasteiger partial charge in [0.1, 0.15) is 11.5 Å². The van der Waals surface area contributed by atoms with Crippen LogP contribution in [0.1, 0.15) is 101 Å². The normalized spacial score (nSPS) is 12.9. The van der Waals surface area contributed by atoms with Gasteiger partial charge in [-0.3, -0.25) is 9.59 Å². The lowest BCUT2D eigenvalue weighted by atomic mass is 9.86. The van der Waals surface area contributed by atoms with Crippen molar-refractivity contribution in [3.8, 4) is 11.5 Å². The van der Waals surface area contributed by atoms with Crippen molar-refractivity contribution in [2.24, 2.45) is 11.8 Å². The van der Waals surface area contributed by atoms with E-state index in [2.05, 4.69) is 51.3 Å². The van der Waals surface area contributed by atoms with Gasteiger partial charge in [-0.15, -0.1) is 0 Å². The standard InChI is InChI=1S/C36H56N2O4/c1-7-13-25-41-33-21-17-29(18-22-33)35(39)31(27-37(9-3)10-4)15-16-32(28-38(11-5)12-6)36(40)30-19-23-34(24-20-30)42-26-14-8-2/h17-24,31-32H,7-16,25-28H2,1-6H3. The molecule has 234 valence electrons. The van der Waals surface area contributed by atoms with Crippen molar-refractivity contribution in [3.05, 3.63) is 59.7 Å². The van der Waals surface area contributed by atoms with Gasteiger partial charge in [0.15, 0.2) is 11.6 Å². The van der Waals surface area contributed by atoms with Crippen LogP contribution in [0.25, 0.3) is 0 Å². The first-order valence-corrected chi connectivity index (χ1v) is 16.4. The second-order valence-electron chi connectivity index (χ2n) is 11.1. The van der Waals surface area contributed by atoms with E-state index in [0.717, 1.165) is 63.4 Å². The van der Waals surface area contributed by atoms with Crippen LogP contribution in [0.15, 0.2) is 48.5 Å². The van der Waals surface area contributed by atoms with Gasteiger partial charge < -0.3 is 19.3 Å². The Kier molecular flexibility index (Phi) is 17.1. The number of unbranched alkanes of at least 4 members (excludes halogenated alkanes) is 2. The monoisotopic (exact) mass is 580 g/mol. The van der Waals surface area contributed by atoms with Crippen LogP contribution in [0, 0.1) is 11.8 Å². The maximum Gasteiger partial charge on any atom is 0.167 e. The zero-order valence-corrected chi connectivity index (χ0v) is 27.2. The molecule has 2 unspecified atom stereocenters. The summed E-state index contributed by atoms with van der Waals surface area (Å²) in [6.45, 7) is 19.1. The Bertz CT molecular complexity index is 930. The van der Waals surface area contributed by atoms with Crippen LogP contribution in [0.3, 0.4) is 0 Å². The molecule has 0 amide bonds. The SMILES string of the molecule is CCCCOc1ccc(C(=O)C(CCC(CN(CC)CC)C(=O)c2ccc(OCCCC)cc2)CN(CC)CC)cc1. The van der Waals surface area contributed by atoms with Gasteiger partial charge in [0.05, 0.1) is 13.2 Å². The molecular formula is C36H56N2O4. The summed E-state index contributed by atoms with van der Waals surface area (Å²) in [7, 11) is 0. The minimum atomic E-state index is -0.182. The van der Waals surface area contributed by atoms with Crippen molar-refractivity contribution in [1.82, 2.24) is 9.80 Å². The van der Waals surface area contributed by atoms with E-state index in [4.69, 9.17) is 9.47 Å². The molecule has 0 radical (unpaired) electrons. The van der Waals surface area contributed by atoms with E-state index in [1.807, 2.05) is 48.5 Å². The summed E-state index contributed by atoms with van der Waals surface area (Å²) in [6.07, 6.45) is 5.52. The molecule has 2 rings (SSSR count). The molecule has 2 aromatic rings. The maximum atomic E-state index is 13.8. The summed E-state index contributed by atoms with van der Waals surface area (Å²) in [5.74, 6) is 1.52. The van der Waals surface area contributed by atoms with E-state index >= 15 is 0 Å². The van der Waals surface area contributed by atoms with Gasteiger partial charge in [-0.1, -0.05) is 54.4 Å². The average Bonchev–Trinajstić information content (AvgIpc) is 3.03. The quantitative estimate of drug-likeness (QED) is 0.0987. The molecule has 0 N–H and O–H groups in total. The Morgan fingerprint density at radius 3 is 1.19 bits per heavy atom. The molecule has 0 aliphatic carbocycles. The molecule has 2 aromatic carbocycles. The van der Waals surface area contributed by atoms with Crippen LogP contribution in [0.4, 0.5) is 0 Å². The number of benzene rings is 2. The zero-order valence-electron chi connectivity index (χ0n) is 27.2. The lowest BCUT2D eigenvalue weighted by Gasteiger charge is -2.28. The van der Waals surface area contributed by atoms with E-state index in [0.29, 0.717) is 50.3 Å². The molecule has 2 atom stereocenters. The Balaban J connectivity index is 2.22. The van der Waals surface area contributed by atoms with Crippen LogP contribution in [0.5, 0.6) is 11.5 Å². The molecule has 6 nitrogen and oxygen atoms in total. The first-order valence-electron chi connectivity index (χ1n) is 16.4. The first-order chi connectivity index (χ1) is 20.4. The number of carbonyl (C=O) groups is 2. The van der Waals surface area contributed by atoms with E-state index in [1.165, 1.54) is 0 Å². The average molecular weight is 581 g/mol. The number of hydrogen-bond donors (Lipinski definition) is 0. The summed E-state index contributed by atoms with van der Waals surface area (Å²) >= 11 is 0. The number of ether oxygens (including phenoxy) is 2. The van der Waals surface area contributed by atoms with Crippen LogP contribution >= 0.6 is 0 Å². The zero-order chi connectivity index (χ0) is 30.7. The van der Waals surface area contributed by atoms with Crippen LogP contribution in [-0.2, 0) is 0 Å². The summed E-state index contributed by atoms with van der Waals surface area (Å²) < 4.78 is 11.6. The predicted molar refractivity (Wildman–Crippen MR) is 174 cm³/mol. The highest BCUT2D eigenvalue weighted by molar-refractivity contribution is 5.99. The minimum absolute atomic E-state index is 0.143. The van der Waals surface area contributed by atoms with E-state index in [-0.39, 0.29) is 23.4 Å². The molecule has 0 fully saturated rings. The molecule has 42 heavy (non-hydrogen) atoms. The number of Topliss-reactive ketones (excluding diaryl/α,β-unsaturated/α-hetero) is 2. The number of ketones is 2. The van der Waals surface area contributed by atoms with Gasteiger partial charge >= 0.3 is 0 Å². The molecular weight excluding hydrogens is 524 g/mol. The van der Waals surface area contributed by atoms with Crippen molar-refractivity contribution in [3.63, 3.8) is 0 Å². The minimum Gasteiger partial charge on any atom is -0.494 e. The van der Waals surface area contributed by atoms with Crippen LogP contribution in [-0.4, -0.2) is 73.8 Å². The van der Waals surface area contributed by atoms with Crippen molar-refractivity contribution >= 4 is 11.6 Å². The fraction of sp³-hybridized carbons (Fsp3) is 0.611. The molecule has 0 aliphatic heterocycles. The third-order valence-corrected chi connectivity index (χ3v) is 8.16. The fourth-order valence-electron chi connectivity index (χ4n) is 5.17. The van der Waals surface area contributed by atoms with Gasteiger partial charge in [0.25, 0.3) is 0 Å². The smallest absolute Gasteiger partial charge is 0.167 e. The van der Waals surface area contributed by atoms with Gasteiger partial charge in [0.2, 0.25) is 0 Å². The predicted octanol–water partition coefficient (Wildman–Crippen LogP) is 7.81. The summed E-state index contributed by atoms with van der Waals surface area (Å²) in [5, 5.41) is 0. The van der Waals surface area contributed by atoms with Gasteiger partial charge in [-0.25, -0.2) is 0 Å². The number of rotatable bonds is 23. The van der Waals surface area contributed by atoms with Crippen molar-refractivity contribution in [2.45, 2.75) is 80.1 Å². The highest BCUT2D eigenvalue weighted by Gasteiger charge is 2.27. The number of carbonyl (C=O) groups excluding carboxylic acids is 2. The molecule has 0 saturated carbocycles. The second-order valence-corrected chi connectivity index (χ2v) is 11.1. The van der Waals surface area contributed by atoms with E-state index in [1.54, 1.807) is 0 Å². The Hall–Kier alpha value is -2.70. The van der Waals surface area contributed by atoms with Crippen molar-refractivity contribution in [2.75, 3.05) is 52.5 Å². The Morgan fingerprint density at radius 2 is 0.905 bits per heavy atom. The van der Waals surface area contributed by atoms with Crippen molar-refractivity contribution in [1.29, 1.82) is 0 Å². The topological polar surface area (TPSA) is 59.1 Å². The maximum absolute atomic E-state index is 13.8. The number of nitrogens with zero attached hydrogens (tertiary/aromatic N) is 2. The summed E-state index contributed by atoms with van der Waals surface area (Å²) in [4.78, 5) is 32.3. The highest BCUT2D eigenvalue weighted by atomic mass is 16.5. The molecule has 6 heteroatoms. The second kappa shape index (κ2) is 20.2.